The van der Waals surface area contributed by atoms with Gasteiger partial charge in [-0.3, -0.25) is 9.59 Å². The van der Waals surface area contributed by atoms with Crippen LogP contribution in [-0.4, -0.2) is 52.6 Å². The molecule has 1 aromatic rings. The van der Waals surface area contributed by atoms with Crippen molar-refractivity contribution < 1.29 is 9.59 Å². The summed E-state index contributed by atoms with van der Waals surface area (Å²) in [5, 5.41) is 11.8. The summed E-state index contributed by atoms with van der Waals surface area (Å²) in [5.74, 6) is -0.297. The van der Waals surface area contributed by atoms with Gasteiger partial charge in [0.1, 0.15) is 5.01 Å². The molecule has 0 bridgehead atoms. The lowest BCUT2D eigenvalue weighted by atomic mass is 10.0. The number of amides is 2. The molecule has 1 aliphatic heterocycles. The molecule has 5 N–H and O–H groups in total. The monoisotopic (exact) mass is 326 g/mol. The minimum absolute atomic E-state index is 0.0421. The first-order chi connectivity index (χ1) is 10.5. The van der Waals surface area contributed by atoms with Crippen LogP contribution >= 0.6 is 11.3 Å². The smallest absolute Gasteiger partial charge is 0.224 e. The second kappa shape index (κ2) is 7.50. The Hall–Kier alpha value is -1.74. The van der Waals surface area contributed by atoms with Crippen molar-refractivity contribution in [1.82, 2.24) is 20.4 Å². The number of nitrogen functional groups attached to an aromatic ring is 1. The molecule has 122 valence electrons. The molecule has 0 radical (unpaired) electrons. The molecule has 0 saturated carbocycles. The average molecular weight is 326 g/mol. The van der Waals surface area contributed by atoms with E-state index in [1.54, 1.807) is 4.90 Å². The van der Waals surface area contributed by atoms with Gasteiger partial charge in [0.05, 0.1) is 5.92 Å². The van der Waals surface area contributed by atoms with Gasteiger partial charge in [-0.2, -0.15) is 0 Å². The van der Waals surface area contributed by atoms with Gasteiger partial charge in [-0.1, -0.05) is 11.3 Å². The van der Waals surface area contributed by atoms with Gasteiger partial charge >= 0.3 is 0 Å². The number of nitrogens with one attached hydrogen (secondary N) is 1. The van der Waals surface area contributed by atoms with Crippen LogP contribution in [0.3, 0.4) is 0 Å². The highest BCUT2D eigenvalue weighted by molar-refractivity contribution is 7.15. The Morgan fingerprint density at radius 2 is 2.14 bits per heavy atom. The number of nitrogens with two attached hydrogens (primary N) is 2. The summed E-state index contributed by atoms with van der Waals surface area (Å²) in [6, 6.07) is -0.0638. The van der Waals surface area contributed by atoms with E-state index in [1.165, 1.54) is 18.3 Å². The van der Waals surface area contributed by atoms with Crippen molar-refractivity contribution >= 4 is 28.3 Å². The number of carbonyl (C=O) groups excluding carboxylic acids is 2. The molecule has 0 spiro atoms. The Morgan fingerprint density at radius 3 is 2.77 bits per heavy atom. The van der Waals surface area contributed by atoms with Crippen molar-refractivity contribution in [2.75, 3.05) is 25.4 Å². The van der Waals surface area contributed by atoms with E-state index >= 15 is 0 Å². The molecule has 22 heavy (non-hydrogen) atoms. The molecular weight excluding hydrogens is 304 g/mol. The normalized spacial score (nSPS) is 22.2. The van der Waals surface area contributed by atoms with Crippen LogP contribution < -0.4 is 16.8 Å². The van der Waals surface area contributed by atoms with E-state index in [2.05, 4.69) is 15.5 Å². The van der Waals surface area contributed by atoms with Crippen molar-refractivity contribution in [1.29, 1.82) is 0 Å². The third-order valence-electron chi connectivity index (χ3n) is 3.72. The van der Waals surface area contributed by atoms with E-state index in [-0.39, 0.29) is 23.8 Å². The number of hydrogen-bond donors (Lipinski definition) is 3. The average Bonchev–Trinajstić information content (AvgIpc) is 2.76. The molecule has 1 fully saturated rings. The molecule has 1 aromatic heterocycles. The van der Waals surface area contributed by atoms with Crippen LogP contribution in [0.1, 0.15) is 24.8 Å². The predicted octanol–water partition coefficient (Wildman–Crippen LogP) is -0.635. The summed E-state index contributed by atoms with van der Waals surface area (Å²) in [5.41, 5.74) is 11.5. The SMILES string of the molecule is CC(=O)N1C[C@@H](N)CC[C@@H](C(=O)NCCc2nnc(N)s2)C1. The van der Waals surface area contributed by atoms with Crippen LogP contribution in [0.15, 0.2) is 0 Å². The molecule has 0 aliphatic carbocycles. The summed E-state index contributed by atoms with van der Waals surface area (Å²) in [7, 11) is 0. The van der Waals surface area contributed by atoms with Crippen molar-refractivity contribution in [2.24, 2.45) is 11.7 Å². The van der Waals surface area contributed by atoms with E-state index in [0.29, 0.717) is 37.6 Å². The zero-order valence-corrected chi connectivity index (χ0v) is 13.4. The Kier molecular flexibility index (Phi) is 5.67. The van der Waals surface area contributed by atoms with Crippen molar-refractivity contribution in [3.05, 3.63) is 5.01 Å². The number of anilines is 1. The van der Waals surface area contributed by atoms with Gasteiger partial charge in [0, 0.05) is 39.0 Å². The van der Waals surface area contributed by atoms with E-state index < -0.39 is 0 Å². The van der Waals surface area contributed by atoms with Gasteiger partial charge in [0.2, 0.25) is 16.9 Å². The van der Waals surface area contributed by atoms with Gasteiger partial charge in [0.25, 0.3) is 0 Å². The van der Waals surface area contributed by atoms with Crippen LogP contribution in [0, 0.1) is 5.92 Å². The molecule has 2 heterocycles. The number of rotatable bonds is 4. The summed E-state index contributed by atoms with van der Waals surface area (Å²) in [6.45, 7) is 2.94. The van der Waals surface area contributed by atoms with Crippen molar-refractivity contribution in [3.63, 3.8) is 0 Å². The lowest BCUT2D eigenvalue weighted by molar-refractivity contribution is -0.131. The molecule has 8 nitrogen and oxygen atoms in total. The largest absolute Gasteiger partial charge is 0.374 e. The maximum absolute atomic E-state index is 12.3. The number of nitrogens with zero attached hydrogens (tertiary/aromatic N) is 3. The third-order valence-corrected chi connectivity index (χ3v) is 4.53. The summed E-state index contributed by atoms with van der Waals surface area (Å²) >= 11 is 1.32. The van der Waals surface area contributed by atoms with Crippen molar-refractivity contribution in [2.45, 2.75) is 32.2 Å². The van der Waals surface area contributed by atoms with Crippen LogP contribution in [0.2, 0.25) is 0 Å². The summed E-state index contributed by atoms with van der Waals surface area (Å²) < 4.78 is 0. The van der Waals surface area contributed by atoms with Gasteiger partial charge in [-0.25, -0.2) is 0 Å². The first kappa shape index (κ1) is 16.6. The molecule has 0 unspecified atom stereocenters. The van der Waals surface area contributed by atoms with E-state index in [0.717, 1.165) is 11.4 Å². The van der Waals surface area contributed by atoms with Gasteiger partial charge in [-0.05, 0) is 12.8 Å². The number of aromatic nitrogens is 2. The van der Waals surface area contributed by atoms with E-state index in [4.69, 9.17) is 11.5 Å². The molecule has 1 saturated heterocycles. The minimum atomic E-state index is -0.211. The van der Waals surface area contributed by atoms with Gasteiger partial charge in [0.15, 0.2) is 0 Å². The fourth-order valence-corrected chi connectivity index (χ4v) is 3.11. The summed E-state index contributed by atoms with van der Waals surface area (Å²) in [6.07, 6.45) is 2.04. The van der Waals surface area contributed by atoms with Crippen LogP contribution in [0.25, 0.3) is 0 Å². The minimum Gasteiger partial charge on any atom is -0.374 e. The quantitative estimate of drug-likeness (QED) is 0.675. The molecule has 2 amide bonds. The van der Waals surface area contributed by atoms with E-state index in [1.807, 2.05) is 0 Å². The number of hydrogen-bond acceptors (Lipinski definition) is 7. The second-order valence-corrected chi connectivity index (χ2v) is 6.63. The third kappa shape index (κ3) is 4.63. The van der Waals surface area contributed by atoms with Gasteiger partial charge in [-0.15, -0.1) is 10.2 Å². The zero-order chi connectivity index (χ0) is 16.1. The molecule has 2 rings (SSSR count). The maximum atomic E-state index is 12.3. The second-order valence-electron chi connectivity index (χ2n) is 5.53. The molecular formula is C13H22N6O2S. The Balaban J connectivity index is 1.83. The fraction of sp³-hybridized carbons (Fsp3) is 0.692. The lowest BCUT2D eigenvalue weighted by Crippen LogP contribution is -2.42. The fourth-order valence-electron chi connectivity index (χ4n) is 2.50. The Bertz CT molecular complexity index is 534. The van der Waals surface area contributed by atoms with Gasteiger partial charge < -0.3 is 21.7 Å². The van der Waals surface area contributed by atoms with Crippen LogP contribution in [-0.2, 0) is 16.0 Å². The zero-order valence-electron chi connectivity index (χ0n) is 12.6. The predicted molar refractivity (Wildman–Crippen MR) is 84.0 cm³/mol. The standard InChI is InChI=1S/C13H22N6O2S/c1-8(20)19-6-9(2-3-10(14)7-19)12(21)16-5-4-11-17-18-13(15)22-11/h9-10H,2-7,14H2,1H3,(H2,15,18)(H,16,21)/t9-,10+/m1/s1. The highest BCUT2D eigenvalue weighted by atomic mass is 32.1. The molecule has 0 aromatic carbocycles. The maximum Gasteiger partial charge on any atom is 0.224 e. The first-order valence-electron chi connectivity index (χ1n) is 7.32. The van der Waals surface area contributed by atoms with Crippen LogP contribution in [0.4, 0.5) is 5.13 Å². The van der Waals surface area contributed by atoms with Crippen molar-refractivity contribution in [3.8, 4) is 0 Å². The molecule has 9 heteroatoms. The number of carbonyl (C=O) groups is 2. The Morgan fingerprint density at radius 1 is 1.36 bits per heavy atom. The number of likely N-dealkylation sites (tertiary alicyclic amines) is 1. The highest BCUT2D eigenvalue weighted by Gasteiger charge is 2.28. The Labute approximate surface area is 133 Å². The lowest BCUT2D eigenvalue weighted by Gasteiger charge is -2.23. The summed E-state index contributed by atoms with van der Waals surface area (Å²) in [4.78, 5) is 25.5. The highest BCUT2D eigenvalue weighted by Crippen LogP contribution is 2.17. The van der Waals surface area contributed by atoms with Crippen LogP contribution in [0.5, 0.6) is 0 Å². The molecule has 1 aliphatic rings. The van der Waals surface area contributed by atoms with E-state index in [9.17, 15) is 9.59 Å². The first-order valence-corrected chi connectivity index (χ1v) is 8.14. The molecule has 2 atom stereocenters. The topological polar surface area (TPSA) is 127 Å².